The number of amides is 1. The van der Waals surface area contributed by atoms with Gasteiger partial charge in [-0.1, -0.05) is 12.1 Å². The highest BCUT2D eigenvalue weighted by molar-refractivity contribution is 7.70. The summed E-state index contributed by atoms with van der Waals surface area (Å²) in [7, 11) is -2.39. The number of hydrogen-bond donors (Lipinski definition) is 1. The van der Waals surface area contributed by atoms with Gasteiger partial charge in [-0.25, -0.2) is 0 Å². The lowest BCUT2D eigenvalue weighted by molar-refractivity contribution is -0.117. The molecule has 1 amide bonds. The maximum atomic E-state index is 12.2. The lowest BCUT2D eigenvalue weighted by atomic mass is 10.3. The fourth-order valence-electron chi connectivity index (χ4n) is 2.12. The van der Waals surface area contributed by atoms with Gasteiger partial charge in [-0.15, -0.1) is 0 Å². The van der Waals surface area contributed by atoms with Crippen molar-refractivity contribution in [2.75, 3.05) is 24.8 Å². The van der Waals surface area contributed by atoms with E-state index < -0.39 is 7.14 Å². The molecule has 1 aromatic carbocycles. The van der Waals surface area contributed by atoms with Crippen molar-refractivity contribution >= 4 is 24.0 Å². The van der Waals surface area contributed by atoms with E-state index in [1.54, 1.807) is 18.2 Å². The molecule has 0 aliphatic carbocycles. The first-order valence-corrected chi connectivity index (χ1v) is 8.20. The summed E-state index contributed by atoms with van der Waals surface area (Å²) in [6.07, 6.45) is 0.367. The van der Waals surface area contributed by atoms with E-state index in [4.69, 9.17) is 5.73 Å². The van der Waals surface area contributed by atoms with Crippen LogP contribution in [0.4, 0.5) is 5.69 Å². The van der Waals surface area contributed by atoms with E-state index in [-0.39, 0.29) is 11.9 Å². The fraction of sp³-hybridized carbons (Fsp3) is 0.417. The molecule has 0 aromatic heterocycles. The smallest absolute Gasteiger partial charge is 0.228 e. The number of rotatable bonds is 2. The van der Waals surface area contributed by atoms with Crippen LogP contribution >= 0.6 is 7.14 Å². The third-order valence-electron chi connectivity index (χ3n) is 2.91. The topological polar surface area (TPSA) is 63.4 Å². The van der Waals surface area contributed by atoms with Crippen LogP contribution in [0.3, 0.4) is 0 Å². The van der Waals surface area contributed by atoms with Crippen LogP contribution in [-0.2, 0) is 9.36 Å². The Hall–Kier alpha value is -1.12. The summed E-state index contributed by atoms with van der Waals surface area (Å²) in [6, 6.07) is 7.24. The summed E-state index contributed by atoms with van der Waals surface area (Å²) in [5.74, 6) is 0.0124. The molecule has 0 bridgehead atoms. The van der Waals surface area contributed by atoms with Crippen LogP contribution < -0.4 is 15.9 Å². The van der Waals surface area contributed by atoms with Gasteiger partial charge in [0.15, 0.2) is 0 Å². The maximum absolute atomic E-state index is 12.2. The number of nitrogens with zero attached hydrogens (tertiary/aromatic N) is 1. The third kappa shape index (κ3) is 2.43. The Morgan fingerprint density at radius 1 is 1.35 bits per heavy atom. The normalized spacial score (nSPS) is 21.0. The molecule has 2 N–H and O–H groups in total. The number of anilines is 1. The minimum absolute atomic E-state index is 0.0124. The molecule has 5 heteroatoms. The lowest BCUT2D eigenvalue weighted by Crippen LogP contribution is -2.31. The highest BCUT2D eigenvalue weighted by Crippen LogP contribution is 2.39. The van der Waals surface area contributed by atoms with Crippen LogP contribution in [0.1, 0.15) is 6.42 Å². The molecule has 0 radical (unpaired) electrons. The molecular weight excluding hydrogens is 235 g/mol. The van der Waals surface area contributed by atoms with E-state index >= 15 is 0 Å². The molecule has 2 rings (SSSR count). The summed E-state index contributed by atoms with van der Waals surface area (Å²) in [5.41, 5.74) is 6.53. The number of hydrogen-bond acceptors (Lipinski definition) is 3. The van der Waals surface area contributed by atoms with E-state index in [1.807, 2.05) is 24.3 Å². The minimum Gasteiger partial charge on any atom is -0.326 e. The summed E-state index contributed by atoms with van der Waals surface area (Å²) in [5, 5.41) is 0.752. The van der Waals surface area contributed by atoms with Crippen molar-refractivity contribution in [1.29, 1.82) is 0 Å². The standard InChI is InChI=1S/C12H17N2O2P/c1-17(2,16)11-6-4-3-5-10(11)14-8-9(13)7-12(14)15/h3-6,9H,7-8,13H2,1-2H3. The Kier molecular flexibility index (Phi) is 3.11. The van der Waals surface area contributed by atoms with Crippen molar-refractivity contribution in [3.05, 3.63) is 24.3 Å². The number of nitrogens with two attached hydrogens (primary N) is 1. The molecule has 0 spiro atoms. The van der Waals surface area contributed by atoms with Crippen molar-refractivity contribution in [1.82, 2.24) is 0 Å². The Morgan fingerprint density at radius 2 is 2.00 bits per heavy atom. The van der Waals surface area contributed by atoms with Gasteiger partial charge in [0.05, 0.1) is 5.69 Å². The lowest BCUT2D eigenvalue weighted by Gasteiger charge is -2.21. The number of benzene rings is 1. The quantitative estimate of drug-likeness (QED) is 0.799. The van der Waals surface area contributed by atoms with Crippen molar-refractivity contribution in [3.8, 4) is 0 Å². The monoisotopic (exact) mass is 252 g/mol. The summed E-state index contributed by atoms with van der Waals surface area (Å²) in [6.45, 7) is 3.94. The minimum atomic E-state index is -2.39. The first-order chi connectivity index (χ1) is 7.89. The van der Waals surface area contributed by atoms with Crippen LogP contribution in [0.25, 0.3) is 0 Å². The largest absolute Gasteiger partial charge is 0.326 e. The van der Waals surface area contributed by atoms with Crippen LogP contribution in [0.5, 0.6) is 0 Å². The van der Waals surface area contributed by atoms with Crippen molar-refractivity contribution in [2.45, 2.75) is 12.5 Å². The Bertz CT molecular complexity index is 495. The van der Waals surface area contributed by atoms with Gasteiger partial charge < -0.3 is 15.2 Å². The molecule has 1 saturated heterocycles. The Balaban J connectivity index is 2.46. The predicted octanol–water partition coefficient (Wildman–Crippen LogP) is 0.999. The average molecular weight is 252 g/mol. The Morgan fingerprint density at radius 3 is 2.53 bits per heavy atom. The number of carbonyl (C=O) groups is 1. The third-order valence-corrected chi connectivity index (χ3v) is 4.45. The van der Waals surface area contributed by atoms with Crippen LogP contribution in [-0.4, -0.2) is 31.8 Å². The van der Waals surface area contributed by atoms with Crippen LogP contribution in [0.2, 0.25) is 0 Å². The van der Waals surface area contributed by atoms with E-state index in [0.29, 0.717) is 13.0 Å². The SMILES string of the molecule is CP(C)(=O)c1ccccc1N1CC(N)CC1=O. The molecule has 1 aromatic rings. The van der Waals surface area contributed by atoms with Gasteiger partial charge in [-0.3, -0.25) is 4.79 Å². The molecule has 1 atom stereocenters. The molecule has 1 aliphatic heterocycles. The summed E-state index contributed by atoms with van der Waals surface area (Å²) >= 11 is 0. The van der Waals surface area contributed by atoms with E-state index in [2.05, 4.69) is 0 Å². The zero-order chi connectivity index (χ0) is 12.6. The number of para-hydroxylation sites is 1. The van der Waals surface area contributed by atoms with Crippen molar-refractivity contribution < 1.29 is 9.36 Å². The molecular formula is C12H17N2O2P. The average Bonchev–Trinajstić information content (AvgIpc) is 2.56. The molecule has 1 unspecified atom stereocenters. The molecule has 17 heavy (non-hydrogen) atoms. The fourth-order valence-corrected chi connectivity index (χ4v) is 3.31. The summed E-state index contributed by atoms with van der Waals surface area (Å²) < 4.78 is 12.2. The summed E-state index contributed by atoms with van der Waals surface area (Å²) in [4.78, 5) is 13.5. The molecule has 1 heterocycles. The molecule has 4 nitrogen and oxygen atoms in total. The molecule has 92 valence electrons. The van der Waals surface area contributed by atoms with Crippen molar-refractivity contribution in [2.24, 2.45) is 5.73 Å². The van der Waals surface area contributed by atoms with Gasteiger partial charge in [0.25, 0.3) is 0 Å². The van der Waals surface area contributed by atoms with E-state index in [0.717, 1.165) is 11.0 Å². The van der Waals surface area contributed by atoms with Gasteiger partial charge in [0, 0.05) is 24.3 Å². The maximum Gasteiger partial charge on any atom is 0.228 e. The van der Waals surface area contributed by atoms with Gasteiger partial charge in [0.2, 0.25) is 5.91 Å². The Labute approximate surface area is 101 Å². The van der Waals surface area contributed by atoms with Gasteiger partial charge in [-0.2, -0.15) is 0 Å². The van der Waals surface area contributed by atoms with E-state index in [9.17, 15) is 9.36 Å². The van der Waals surface area contributed by atoms with Gasteiger partial charge in [-0.05, 0) is 25.5 Å². The first-order valence-electron chi connectivity index (χ1n) is 5.60. The zero-order valence-corrected chi connectivity index (χ0v) is 11.0. The first kappa shape index (κ1) is 12.3. The highest BCUT2D eigenvalue weighted by Gasteiger charge is 2.31. The molecule has 1 aliphatic rings. The van der Waals surface area contributed by atoms with Gasteiger partial charge >= 0.3 is 0 Å². The molecule has 1 fully saturated rings. The predicted molar refractivity (Wildman–Crippen MR) is 70.5 cm³/mol. The number of carbonyl (C=O) groups excluding carboxylic acids is 1. The second-order valence-corrected chi connectivity index (χ2v) is 7.99. The highest BCUT2D eigenvalue weighted by atomic mass is 31.2. The van der Waals surface area contributed by atoms with Gasteiger partial charge in [0.1, 0.15) is 7.14 Å². The molecule has 0 saturated carbocycles. The zero-order valence-electron chi connectivity index (χ0n) is 10.1. The van der Waals surface area contributed by atoms with Crippen LogP contribution in [0.15, 0.2) is 24.3 Å². The van der Waals surface area contributed by atoms with E-state index in [1.165, 1.54) is 0 Å². The second-order valence-electron chi connectivity index (χ2n) is 4.81. The second kappa shape index (κ2) is 4.28. The van der Waals surface area contributed by atoms with Crippen molar-refractivity contribution in [3.63, 3.8) is 0 Å². The van der Waals surface area contributed by atoms with Crippen LogP contribution in [0, 0.1) is 0 Å².